The number of hydrogen-bond donors (Lipinski definition) is 1. The maximum absolute atomic E-state index is 14.9. The Bertz CT molecular complexity index is 1410. The van der Waals surface area contributed by atoms with Gasteiger partial charge in [0.1, 0.15) is 17.5 Å². The lowest BCUT2D eigenvalue weighted by Gasteiger charge is -2.19. The molecule has 39 heavy (non-hydrogen) atoms. The maximum Gasteiger partial charge on any atom is 0.225 e. The molecule has 1 saturated heterocycles. The highest BCUT2D eigenvalue weighted by atomic mass is 32.2. The number of nitrogens with zero attached hydrogens (tertiary/aromatic N) is 1. The van der Waals surface area contributed by atoms with E-state index in [0.29, 0.717) is 41.8 Å². The van der Waals surface area contributed by atoms with Crippen molar-refractivity contribution in [2.24, 2.45) is 0 Å². The SMILES string of the molecule is O=C(CC(c1cccc(F)c1)c1cccc(F)c1)Nc1cccc(F)c1CC[C@H]1CN1[S+]([O-])c1ccccc1. The largest absolute Gasteiger partial charge is 0.593 e. The Morgan fingerprint density at radius 2 is 1.54 bits per heavy atom. The molecule has 1 fully saturated rings. The summed E-state index contributed by atoms with van der Waals surface area (Å²) in [6, 6.07) is 25.5. The van der Waals surface area contributed by atoms with Gasteiger partial charge < -0.3 is 9.87 Å². The molecule has 1 aliphatic heterocycles. The lowest BCUT2D eigenvalue weighted by atomic mass is 9.88. The van der Waals surface area contributed by atoms with Crippen molar-refractivity contribution in [1.82, 2.24) is 4.31 Å². The predicted molar refractivity (Wildman–Crippen MR) is 146 cm³/mol. The molecule has 8 heteroatoms. The topological polar surface area (TPSA) is 55.2 Å². The summed E-state index contributed by atoms with van der Waals surface area (Å²) in [5, 5.41) is 2.81. The number of carbonyl (C=O) groups excluding carboxylic acids is 1. The molecule has 0 bridgehead atoms. The number of nitrogens with one attached hydrogen (secondary N) is 1. The van der Waals surface area contributed by atoms with Gasteiger partial charge in [-0.1, -0.05) is 48.5 Å². The van der Waals surface area contributed by atoms with E-state index in [9.17, 15) is 22.5 Å². The van der Waals surface area contributed by atoms with Gasteiger partial charge in [-0.3, -0.25) is 4.79 Å². The van der Waals surface area contributed by atoms with Crippen molar-refractivity contribution >= 4 is 23.0 Å². The van der Waals surface area contributed by atoms with E-state index in [0.717, 1.165) is 4.90 Å². The Hall–Kier alpha value is -3.59. The second kappa shape index (κ2) is 12.1. The summed E-state index contributed by atoms with van der Waals surface area (Å²) in [5.74, 6) is -2.34. The van der Waals surface area contributed by atoms with E-state index >= 15 is 0 Å². The minimum Gasteiger partial charge on any atom is -0.593 e. The van der Waals surface area contributed by atoms with Crippen molar-refractivity contribution in [3.05, 3.63) is 131 Å². The van der Waals surface area contributed by atoms with Crippen LogP contribution >= 0.6 is 0 Å². The average Bonchev–Trinajstić information content (AvgIpc) is 3.71. The van der Waals surface area contributed by atoms with Gasteiger partial charge in [-0.2, -0.15) is 0 Å². The fraction of sp³-hybridized carbons (Fsp3) is 0.194. The van der Waals surface area contributed by atoms with E-state index in [4.69, 9.17) is 0 Å². The Labute approximate surface area is 228 Å². The molecule has 0 radical (unpaired) electrons. The zero-order chi connectivity index (χ0) is 27.4. The molecule has 1 amide bonds. The van der Waals surface area contributed by atoms with Gasteiger partial charge in [-0.05, 0) is 72.5 Å². The Balaban J connectivity index is 1.28. The molecule has 1 aliphatic rings. The van der Waals surface area contributed by atoms with Gasteiger partial charge in [0.25, 0.3) is 0 Å². The molecule has 1 N–H and O–H groups in total. The lowest BCUT2D eigenvalue weighted by molar-refractivity contribution is -0.116. The number of carbonyl (C=O) groups is 1. The van der Waals surface area contributed by atoms with Crippen molar-refractivity contribution in [3.63, 3.8) is 0 Å². The van der Waals surface area contributed by atoms with Crippen molar-refractivity contribution in [2.45, 2.75) is 36.1 Å². The number of rotatable bonds is 10. The highest BCUT2D eigenvalue weighted by molar-refractivity contribution is 7.89. The first-order valence-electron chi connectivity index (χ1n) is 12.7. The molecule has 0 aromatic heterocycles. The highest BCUT2D eigenvalue weighted by Crippen LogP contribution is 2.33. The number of halogens is 3. The second-order valence-electron chi connectivity index (χ2n) is 9.54. The lowest BCUT2D eigenvalue weighted by Crippen LogP contribution is -2.18. The van der Waals surface area contributed by atoms with Crippen LogP contribution in [0, 0.1) is 17.5 Å². The molecule has 4 aromatic rings. The first-order chi connectivity index (χ1) is 18.9. The Morgan fingerprint density at radius 3 is 2.18 bits per heavy atom. The molecule has 4 nitrogen and oxygen atoms in total. The summed E-state index contributed by atoms with van der Waals surface area (Å²) in [6.07, 6.45) is 0.847. The summed E-state index contributed by atoms with van der Waals surface area (Å²) in [4.78, 5) is 13.9. The zero-order valence-electron chi connectivity index (χ0n) is 21.0. The van der Waals surface area contributed by atoms with Crippen LogP contribution in [0.2, 0.25) is 0 Å². The minimum absolute atomic E-state index is 0.0551. The molecule has 1 heterocycles. The monoisotopic (exact) mass is 548 g/mol. The van der Waals surface area contributed by atoms with Gasteiger partial charge >= 0.3 is 0 Å². The molecular formula is C31H27F3N2O2S. The van der Waals surface area contributed by atoms with Gasteiger partial charge in [0.05, 0.1) is 23.9 Å². The van der Waals surface area contributed by atoms with Crippen LogP contribution in [0.1, 0.15) is 35.4 Å². The number of hydrogen-bond acceptors (Lipinski definition) is 3. The van der Waals surface area contributed by atoms with Crippen LogP contribution in [0.25, 0.3) is 0 Å². The van der Waals surface area contributed by atoms with Gasteiger partial charge in [-0.15, -0.1) is 4.31 Å². The van der Waals surface area contributed by atoms with Gasteiger partial charge in [0.15, 0.2) is 4.90 Å². The van der Waals surface area contributed by atoms with E-state index in [1.54, 1.807) is 30.3 Å². The third-order valence-electron chi connectivity index (χ3n) is 6.83. The molecule has 4 aromatic carbocycles. The van der Waals surface area contributed by atoms with Crippen LogP contribution in [0.4, 0.5) is 18.9 Å². The third-order valence-corrected chi connectivity index (χ3v) is 8.38. The van der Waals surface area contributed by atoms with Crippen molar-refractivity contribution < 1.29 is 22.5 Å². The average molecular weight is 549 g/mol. The van der Waals surface area contributed by atoms with Crippen LogP contribution in [-0.4, -0.2) is 27.4 Å². The second-order valence-corrected chi connectivity index (χ2v) is 11.0. The molecule has 0 spiro atoms. The molecule has 200 valence electrons. The summed E-state index contributed by atoms with van der Waals surface area (Å²) < 4.78 is 57.5. The van der Waals surface area contributed by atoms with Gasteiger partial charge in [0.2, 0.25) is 5.91 Å². The number of amides is 1. The summed E-state index contributed by atoms with van der Waals surface area (Å²) in [7, 11) is 0. The van der Waals surface area contributed by atoms with Gasteiger partial charge in [-0.25, -0.2) is 13.2 Å². The molecule has 0 aliphatic carbocycles. The highest BCUT2D eigenvalue weighted by Gasteiger charge is 2.44. The molecule has 0 saturated carbocycles. The van der Waals surface area contributed by atoms with Crippen molar-refractivity contribution in [3.8, 4) is 0 Å². The Morgan fingerprint density at radius 1 is 0.897 bits per heavy atom. The molecule has 3 atom stereocenters. The van der Waals surface area contributed by atoms with Crippen LogP contribution < -0.4 is 5.32 Å². The maximum atomic E-state index is 14.9. The quantitative estimate of drug-likeness (QED) is 0.179. The van der Waals surface area contributed by atoms with E-state index < -0.39 is 40.6 Å². The standard InChI is InChI=1S/C31H27F3N2O2S/c32-23-9-4-7-21(17-23)28(22-8-5-10-24(33)18-22)19-31(37)35-30-14-6-13-29(34)27(30)16-15-25-20-36(25)39(38)26-11-2-1-3-12-26/h1-14,17-18,25,28H,15-16,19-20H2,(H,35,37)/t25-,36?,39?/m0/s1. The van der Waals surface area contributed by atoms with E-state index in [1.807, 2.05) is 34.6 Å². The summed E-state index contributed by atoms with van der Waals surface area (Å²) in [5.41, 5.74) is 1.80. The summed E-state index contributed by atoms with van der Waals surface area (Å²) in [6.45, 7) is 0.653. The first kappa shape index (κ1) is 27.0. The Kier molecular flexibility index (Phi) is 8.35. The zero-order valence-corrected chi connectivity index (χ0v) is 21.8. The van der Waals surface area contributed by atoms with Crippen LogP contribution in [0.3, 0.4) is 0 Å². The van der Waals surface area contributed by atoms with Gasteiger partial charge in [0, 0.05) is 23.6 Å². The third kappa shape index (κ3) is 6.71. The first-order valence-corrected chi connectivity index (χ1v) is 13.8. The fourth-order valence-electron chi connectivity index (χ4n) is 4.77. The summed E-state index contributed by atoms with van der Waals surface area (Å²) >= 11 is -1.26. The van der Waals surface area contributed by atoms with Crippen molar-refractivity contribution in [1.29, 1.82) is 0 Å². The van der Waals surface area contributed by atoms with Crippen LogP contribution in [0.15, 0.2) is 102 Å². The number of benzene rings is 4. The minimum atomic E-state index is -1.26. The number of anilines is 1. The van der Waals surface area contributed by atoms with E-state index in [2.05, 4.69) is 5.32 Å². The van der Waals surface area contributed by atoms with E-state index in [1.165, 1.54) is 36.4 Å². The fourth-order valence-corrected chi connectivity index (χ4v) is 6.12. The smallest absolute Gasteiger partial charge is 0.225 e. The molecule has 2 unspecified atom stereocenters. The van der Waals surface area contributed by atoms with E-state index in [-0.39, 0.29) is 12.5 Å². The molecular weight excluding hydrogens is 521 g/mol. The predicted octanol–water partition coefficient (Wildman–Crippen LogP) is 6.60. The normalized spacial score (nSPS) is 17.2. The van der Waals surface area contributed by atoms with Crippen LogP contribution in [-0.2, 0) is 22.6 Å². The molecule has 5 rings (SSSR count). The van der Waals surface area contributed by atoms with Crippen LogP contribution in [0.5, 0.6) is 0 Å². The van der Waals surface area contributed by atoms with Crippen molar-refractivity contribution in [2.75, 3.05) is 11.9 Å².